The summed E-state index contributed by atoms with van der Waals surface area (Å²) in [6.45, 7) is 15.1. The van der Waals surface area contributed by atoms with E-state index in [0.717, 1.165) is 37.7 Å². The van der Waals surface area contributed by atoms with Crippen molar-refractivity contribution in [2.75, 3.05) is 31.6 Å². The van der Waals surface area contributed by atoms with E-state index in [2.05, 4.69) is 68.9 Å². The largest absolute Gasteiger partial charge is 0.353 e. The third kappa shape index (κ3) is 3.95. The molecule has 1 aromatic rings. The Morgan fingerprint density at radius 1 is 1.29 bits per heavy atom. The molecule has 0 aliphatic carbocycles. The van der Waals surface area contributed by atoms with Crippen molar-refractivity contribution in [3.05, 3.63) is 23.4 Å². The van der Waals surface area contributed by atoms with Gasteiger partial charge in [0.25, 0.3) is 0 Å². The molecule has 0 aromatic carbocycles. The third-order valence-corrected chi connectivity index (χ3v) is 4.52. The normalized spacial score (nSPS) is 19.3. The number of aromatic nitrogens is 1. The predicted molar refractivity (Wildman–Crippen MR) is 89.9 cm³/mol. The highest BCUT2D eigenvalue weighted by atomic mass is 15.3. The van der Waals surface area contributed by atoms with E-state index in [9.17, 15) is 0 Å². The first-order chi connectivity index (χ1) is 9.79. The fraction of sp³-hybridized carbons (Fsp3) is 0.706. The predicted octanol–water partition coefficient (Wildman–Crippen LogP) is 2.42. The Morgan fingerprint density at radius 2 is 2.00 bits per heavy atom. The molecule has 4 heteroatoms. The number of pyridine rings is 1. The standard InChI is InChI=1S/C17H30N4/c1-13(2)18-11-15-7-8-16(19-14(15)3)21-10-9-20(6)17(4,5)12-21/h7-8,13,18H,9-12H2,1-6H3. The van der Waals surface area contributed by atoms with Crippen molar-refractivity contribution in [3.63, 3.8) is 0 Å². The van der Waals surface area contributed by atoms with E-state index in [0.29, 0.717) is 6.04 Å². The molecule has 0 atom stereocenters. The van der Waals surface area contributed by atoms with Crippen molar-refractivity contribution in [1.82, 2.24) is 15.2 Å². The molecule has 2 rings (SSSR count). The zero-order valence-electron chi connectivity index (χ0n) is 14.4. The van der Waals surface area contributed by atoms with Gasteiger partial charge in [0, 0.05) is 43.5 Å². The van der Waals surface area contributed by atoms with E-state index in [1.165, 1.54) is 5.56 Å². The summed E-state index contributed by atoms with van der Waals surface area (Å²) in [5.74, 6) is 1.11. The summed E-state index contributed by atoms with van der Waals surface area (Å²) in [5.41, 5.74) is 2.63. The van der Waals surface area contributed by atoms with Crippen LogP contribution >= 0.6 is 0 Å². The van der Waals surface area contributed by atoms with Crippen molar-refractivity contribution in [2.24, 2.45) is 0 Å². The van der Waals surface area contributed by atoms with Gasteiger partial charge in [-0.1, -0.05) is 19.9 Å². The van der Waals surface area contributed by atoms with Gasteiger partial charge in [0.2, 0.25) is 0 Å². The number of likely N-dealkylation sites (N-methyl/N-ethyl adjacent to an activating group) is 1. The Morgan fingerprint density at radius 3 is 2.57 bits per heavy atom. The molecule has 1 aliphatic rings. The smallest absolute Gasteiger partial charge is 0.128 e. The summed E-state index contributed by atoms with van der Waals surface area (Å²) in [6.07, 6.45) is 0. The van der Waals surface area contributed by atoms with Crippen LogP contribution in [0.25, 0.3) is 0 Å². The third-order valence-electron chi connectivity index (χ3n) is 4.52. The zero-order valence-corrected chi connectivity index (χ0v) is 14.4. The number of piperazine rings is 1. The number of aryl methyl sites for hydroxylation is 1. The molecule has 21 heavy (non-hydrogen) atoms. The number of hydrogen-bond acceptors (Lipinski definition) is 4. The number of hydrogen-bond donors (Lipinski definition) is 1. The van der Waals surface area contributed by atoms with Crippen LogP contribution in [0.1, 0.15) is 39.0 Å². The lowest BCUT2D eigenvalue weighted by Gasteiger charge is -2.45. The molecule has 0 saturated carbocycles. The van der Waals surface area contributed by atoms with Crippen molar-refractivity contribution in [3.8, 4) is 0 Å². The first kappa shape index (κ1) is 16.2. The van der Waals surface area contributed by atoms with Gasteiger partial charge in [-0.3, -0.25) is 4.90 Å². The van der Waals surface area contributed by atoms with Gasteiger partial charge in [0.1, 0.15) is 5.82 Å². The van der Waals surface area contributed by atoms with Crippen LogP contribution in [-0.2, 0) is 6.54 Å². The molecule has 1 aromatic heterocycles. The van der Waals surface area contributed by atoms with Gasteiger partial charge >= 0.3 is 0 Å². The number of anilines is 1. The monoisotopic (exact) mass is 290 g/mol. The van der Waals surface area contributed by atoms with E-state index in [1.807, 2.05) is 0 Å². The van der Waals surface area contributed by atoms with Gasteiger partial charge in [0.15, 0.2) is 0 Å². The highest BCUT2D eigenvalue weighted by Crippen LogP contribution is 2.24. The lowest BCUT2D eigenvalue weighted by Crippen LogP contribution is -2.57. The van der Waals surface area contributed by atoms with Crippen LogP contribution < -0.4 is 10.2 Å². The van der Waals surface area contributed by atoms with E-state index in [4.69, 9.17) is 4.98 Å². The lowest BCUT2D eigenvalue weighted by molar-refractivity contribution is 0.138. The molecule has 118 valence electrons. The van der Waals surface area contributed by atoms with Gasteiger partial charge < -0.3 is 10.2 Å². The highest BCUT2D eigenvalue weighted by molar-refractivity contribution is 5.43. The summed E-state index contributed by atoms with van der Waals surface area (Å²) >= 11 is 0. The summed E-state index contributed by atoms with van der Waals surface area (Å²) in [5, 5.41) is 3.46. The second-order valence-electron chi connectivity index (χ2n) is 7.11. The number of nitrogens with zero attached hydrogens (tertiary/aromatic N) is 3. The van der Waals surface area contributed by atoms with E-state index < -0.39 is 0 Å². The van der Waals surface area contributed by atoms with E-state index >= 15 is 0 Å². The minimum atomic E-state index is 0.200. The van der Waals surface area contributed by atoms with Crippen molar-refractivity contribution in [2.45, 2.75) is 52.7 Å². The molecule has 0 radical (unpaired) electrons. The number of rotatable bonds is 4. The van der Waals surface area contributed by atoms with Crippen LogP contribution in [0, 0.1) is 6.92 Å². The number of nitrogens with one attached hydrogen (secondary N) is 1. The highest BCUT2D eigenvalue weighted by Gasteiger charge is 2.31. The van der Waals surface area contributed by atoms with Gasteiger partial charge in [-0.2, -0.15) is 0 Å². The molecule has 2 heterocycles. The molecular weight excluding hydrogens is 260 g/mol. The first-order valence-corrected chi connectivity index (χ1v) is 7.96. The minimum Gasteiger partial charge on any atom is -0.353 e. The van der Waals surface area contributed by atoms with Crippen LogP contribution in [0.5, 0.6) is 0 Å². The quantitative estimate of drug-likeness (QED) is 0.923. The van der Waals surface area contributed by atoms with Crippen molar-refractivity contribution < 1.29 is 0 Å². The average Bonchev–Trinajstić information content (AvgIpc) is 2.40. The SMILES string of the molecule is Cc1nc(N2CCN(C)C(C)(C)C2)ccc1CNC(C)C. The van der Waals surface area contributed by atoms with Crippen LogP contribution in [0.2, 0.25) is 0 Å². The topological polar surface area (TPSA) is 31.4 Å². The second kappa shape index (κ2) is 6.32. The Hall–Kier alpha value is -1.13. The Labute approximate surface area is 129 Å². The van der Waals surface area contributed by atoms with E-state index in [1.54, 1.807) is 0 Å². The average molecular weight is 290 g/mol. The molecule has 0 amide bonds. The van der Waals surface area contributed by atoms with Gasteiger partial charge in [-0.05, 0) is 39.4 Å². The molecule has 1 fully saturated rings. The second-order valence-corrected chi connectivity index (χ2v) is 7.11. The van der Waals surface area contributed by atoms with Crippen LogP contribution in [0.4, 0.5) is 5.82 Å². The fourth-order valence-electron chi connectivity index (χ4n) is 2.69. The van der Waals surface area contributed by atoms with Gasteiger partial charge in [-0.15, -0.1) is 0 Å². The summed E-state index contributed by atoms with van der Waals surface area (Å²) in [7, 11) is 2.21. The van der Waals surface area contributed by atoms with Crippen LogP contribution in [0.3, 0.4) is 0 Å². The molecular formula is C17H30N4. The molecule has 0 spiro atoms. The molecule has 1 aliphatic heterocycles. The van der Waals surface area contributed by atoms with Gasteiger partial charge in [0.05, 0.1) is 0 Å². The molecule has 0 unspecified atom stereocenters. The Balaban J connectivity index is 2.09. The zero-order chi connectivity index (χ0) is 15.6. The van der Waals surface area contributed by atoms with Crippen molar-refractivity contribution in [1.29, 1.82) is 0 Å². The van der Waals surface area contributed by atoms with E-state index in [-0.39, 0.29) is 5.54 Å². The Bertz CT molecular complexity index is 482. The summed E-state index contributed by atoms with van der Waals surface area (Å²) < 4.78 is 0. The van der Waals surface area contributed by atoms with Gasteiger partial charge in [-0.25, -0.2) is 4.98 Å². The summed E-state index contributed by atoms with van der Waals surface area (Å²) in [4.78, 5) is 9.67. The Kier molecular flexibility index (Phi) is 4.89. The molecule has 0 bridgehead atoms. The molecule has 1 saturated heterocycles. The maximum absolute atomic E-state index is 4.83. The van der Waals surface area contributed by atoms with Crippen molar-refractivity contribution >= 4 is 5.82 Å². The fourth-order valence-corrected chi connectivity index (χ4v) is 2.69. The summed E-state index contributed by atoms with van der Waals surface area (Å²) in [6, 6.07) is 4.90. The molecule has 1 N–H and O–H groups in total. The lowest BCUT2D eigenvalue weighted by atomic mass is 10.00. The molecule has 4 nitrogen and oxygen atoms in total. The minimum absolute atomic E-state index is 0.200. The maximum Gasteiger partial charge on any atom is 0.128 e. The first-order valence-electron chi connectivity index (χ1n) is 7.96. The maximum atomic E-state index is 4.83. The van der Waals surface area contributed by atoms with Crippen LogP contribution in [-0.4, -0.2) is 48.1 Å². The van der Waals surface area contributed by atoms with Crippen LogP contribution in [0.15, 0.2) is 12.1 Å².